The van der Waals surface area contributed by atoms with Gasteiger partial charge >= 0.3 is 0 Å². The summed E-state index contributed by atoms with van der Waals surface area (Å²) in [4.78, 5) is 12.2. The van der Waals surface area contributed by atoms with Crippen molar-refractivity contribution in [2.45, 2.75) is 6.54 Å². The molecule has 0 unspecified atom stereocenters. The van der Waals surface area contributed by atoms with E-state index < -0.39 is 5.91 Å². The Morgan fingerprint density at radius 1 is 1.24 bits per heavy atom. The van der Waals surface area contributed by atoms with E-state index in [0.29, 0.717) is 23.2 Å². The molecule has 0 atom stereocenters. The van der Waals surface area contributed by atoms with Crippen LogP contribution >= 0.6 is 0 Å². The molecule has 0 saturated heterocycles. The maximum Gasteiger partial charge on any atom is 0.295 e. The number of methoxy groups -OCH3 is 1. The third-order valence-electron chi connectivity index (χ3n) is 3.81. The smallest absolute Gasteiger partial charge is 0.295 e. The molecule has 0 aliphatic carbocycles. The summed E-state index contributed by atoms with van der Waals surface area (Å²) in [6, 6.07) is 14.0. The molecule has 6 nitrogen and oxygen atoms in total. The molecule has 126 valence electrons. The van der Waals surface area contributed by atoms with Gasteiger partial charge in [0.1, 0.15) is 5.75 Å². The van der Waals surface area contributed by atoms with Crippen LogP contribution < -0.4 is 4.74 Å². The molecule has 1 amide bonds. The van der Waals surface area contributed by atoms with E-state index in [4.69, 9.17) is 4.74 Å². The molecule has 6 heteroatoms. The molecule has 0 radical (unpaired) electrons. The number of carbonyl (C=O) groups is 1. The number of aromatic nitrogens is 1. The maximum atomic E-state index is 12.2. The summed E-state index contributed by atoms with van der Waals surface area (Å²) in [5.41, 5.74) is 1.45. The largest absolute Gasteiger partial charge is 0.497 e. The van der Waals surface area contributed by atoms with E-state index in [0.717, 1.165) is 5.52 Å². The zero-order valence-corrected chi connectivity index (χ0v) is 13.7. The van der Waals surface area contributed by atoms with Gasteiger partial charge in [-0.2, -0.15) is 0 Å². The average molecular weight is 335 g/mol. The van der Waals surface area contributed by atoms with Gasteiger partial charge in [-0.05, 0) is 30.3 Å². The molecule has 1 aromatic heterocycles. The topological polar surface area (TPSA) is 76.2 Å². The summed E-state index contributed by atoms with van der Waals surface area (Å²) in [5, 5.41) is 18.9. The summed E-state index contributed by atoms with van der Waals surface area (Å²) in [6.45, 7) is 4.12. The second kappa shape index (κ2) is 7.00. The van der Waals surface area contributed by atoms with E-state index in [1.165, 1.54) is 0 Å². The van der Waals surface area contributed by atoms with Crippen LogP contribution in [0.15, 0.2) is 71.4 Å². The lowest BCUT2D eigenvalue weighted by atomic mass is 10.2. The number of hydrogen-bond acceptors (Lipinski definition) is 4. The fourth-order valence-corrected chi connectivity index (χ4v) is 2.57. The van der Waals surface area contributed by atoms with Gasteiger partial charge < -0.3 is 14.4 Å². The molecule has 25 heavy (non-hydrogen) atoms. The predicted octanol–water partition coefficient (Wildman–Crippen LogP) is 4.47. The highest BCUT2D eigenvalue weighted by Crippen LogP contribution is 2.38. The monoisotopic (exact) mass is 335 g/mol. The number of nitrogens with zero attached hydrogens (tertiary/aromatic N) is 3. The van der Waals surface area contributed by atoms with Gasteiger partial charge in [0.2, 0.25) is 5.88 Å². The first-order valence-corrected chi connectivity index (χ1v) is 7.67. The summed E-state index contributed by atoms with van der Waals surface area (Å²) >= 11 is 0. The molecule has 0 fully saturated rings. The Morgan fingerprint density at radius 2 is 1.96 bits per heavy atom. The van der Waals surface area contributed by atoms with Crippen LogP contribution in [0.5, 0.6) is 11.6 Å². The molecule has 0 spiro atoms. The average Bonchev–Trinajstić information content (AvgIpc) is 2.92. The Labute approximate surface area is 144 Å². The normalized spacial score (nSPS) is 11.1. The van der Waals surface area contributed by atoms with Crippen LogP contribution in [-0.4, -0.2) is 22.7 Å². The number of para-hydroxylation sites is 1. The molecule has 3 rings (SSSR count). The quantitative estimate of drug-likeness (QED) is 0.552. The van der Waals surface area contributed by atoms with Gasteiger partial charge in [0.25, 0.3) is 5.91 Å². The van der Waals surface area contributed by atoms with Crippen molar-refractivity contribution < 1.29 is 14.6 Å². The van der Waals surface area contributed by atoms with Gasteiger partial charge in [-0.25, -0.2) is 0 Å². The van der Waals surface area contributed by atoms with Crippen LogP contribution in [0.1, 0.15) is 10.4 Å². The number of rotatable bonds is 5. The second-order valence-electron chi connectivity index (χ2n) is 5.32. The molecule has 0 bridgehead atoms. The van der Waals surface area contributed by atoms with E-state index in [1.54, 1.807) is 42.0 Å². The fourth-order valence-electron chi connectivity index (χ4n) is 2.57. The molecule has 2 aromatic carbocycles. The highest BCUT2D eigenvalue weighted by Gasteiger charge is 2.16. The number of azo groups is 1. The number of hydrogen-bond donors (Lipinski definition) is 1. The molecular formula is C19H17N3O3. The Morgan fingerprint density at radius 3 is 2.64 bits per heavy atom. The van der Waals surface area contributed by atoms with Crippen molar-refractivity contribution >= 4 is 22.5 Å². The zero-order valence-electron chi connectivity index (χ0n) is 13.7. The number of carbonyl (C=O) groups excluding carboxylic acids is 1. The molecular weight excluding hydrogens is 318 g/mol. The van der Waals surface area contributed by atoms with Crippen LogP contribution in [0.4, 0.5) is 5.69 Å². The SMILES string of the molecule is C=CCn1c(O)c(N=NC(=O)c2ccc(OC)cc2)c2ccccc21. The second-order valence-corrected chi connectivity index (χ2v) is 5.32. The fraction of sp³-hybridized carbons (Fsp3) is 0.105. The highest BCUT2D eigenvalue weighted by atomic mass is 16.5. The molecule has 1 N–H and O–H groups in total. The number of amides is 1. The number of allylic oxidation sites excluding steroid dienone is 1. The van der Waals surface area contributed by atoms with Gasteiger partial charge in [-0.1, -0.05) is 24.3 Å². The van der Waals surface area contributed by atoms with E-state index in [1.807, 2.05) is 24.3 Å². The van der Waals surface area contributed by atoms with E-state index >= 15 is 0 Å². The molecule has 3 aromatic rings. The molecule has 0 aliphatic rings. The van der Waals surface area contributed by atoms with Crippen LogP contribution in [0, 0.1) is 0 Å². The zero-order chi connectivity index (χ0) is 17.8. The van der Waals surface area contributed by atoms with E-state index in [9.17, 15) is 9.90 Å². The standard InChI is InChI=1S/C19H17N3O3/c1-3-12-22-16-7-5-4-6-15(16)17(19(22)24)20-21-18(23)13-8-10-14(25-2)11-9-13/h3-11,24H,1,12H2,2H3. The number of fused-ring (bicyclic) bond motifs is 1. The Kier molecular flexibility index (Phi) is 4.61. The van der Waals surface area contributed by atoms with Crippen molar-refractivity contribution in [3.05, 3.63) is 66.7 Å². The first-order chi connectivity index (χ1) is 12.2. The highest BCUT2D eigenvalue weighted by molar-refractivity contribution is 5.97. The Balaban J connectivity index is 1.96. The van der Waals surface area contributed by atoms with Crippen molar-refractivity contribution in [3.8, 4) is 11.6 Å². The number of aromatic hydroxyl groups is 1. The van der Waals surface area contributed by atoms with Crippen LogP contribution in [-0.2, 0) is 6.54 Å². The van der Waals surface area contributed by atoms with Crippen molar-refractivity contribution in [3.63, 3.8) is 0 Å². The summed E-state index contributed by atoms with van der Waals surface area (Å²) in [6.07, 6.45) is 1.68. The van der Waals surface area contributed by atoms with Gasteiger partial charge in [-0.15, -0.1) is 16.8 Å². The van der Waals surface area contributed by atoms with Crippen LogP contribution in [0.3, 0.4) is 0 Å². The van der Waals surface area contributed by atoms with E-state index in [-0.39, 0.29) is 11.6 Å². The van der Waals surface area contributed by atoms with Gasteiger partial charge in [0, 0.05) is 17.5 Å². The van der Waals surface area contributed by atoms with Gasteiger partial charge in [0.05, 0.1) is 12.6 Å². The first-order valence-electron chi connectivity index (χ1n) is 7.67. The third-order valence-corrected chi connectivity index (χ3v) is 3.81. The molecule has 1 heterocycles. The lowest BCUT2D eigenvalue weighted by Crippen LogP contribution is -1.94. The van der Waals surface area contributed by atoms with Crippen molar-refractivity contribution in [1.29, 1.82) is 0 Å². The minimum Gasteiger partial charge on any atom is -0.497 e. The molecule has 0 aliphatic heterocycles. The van der Waals surface area contributed by atoms with E-state index in [2.05, 4.69) is 16.8 Å². The van der Waals surface area contributed by atoms with Gasteiger partial charge in [-0.3, -0.25) is 4.79 Å². The van der Waals surface area contributed by atoms with Crippen molar-refractivity contribution in [2.75, 3.05) is 7.11 Å². The number of ether oxygens (including phenoxy) is 1. The van der Waals surface area contributed by atoms with Gasteiger partial charge in [0.15, 0.2) is 5.69 Å². The van der Waals surface area contributed by atoms with Crippen molar-refractivity contribution in [2.24, 2.45) is 10.2 Å². The predicted molar refractivity (Wildman–Crippen MR) is 95.6 cm³/mol. The van der Waals surface area contributed by atoms with Crippen LogP contribution in [0.2, 0.25) is 0 Å². The Hall–Kier alpha value is -3.41. The van der Waals surface area contributed by atoms with Crippen molar-refractivity contribution in [1.82, 2.24) is 4.57 Å². The summed E-state index contributed by atoms with van der Waals surface area (Å²) in [7, 11) is 1.55. The minimum atomic E-state index is -0.498. The first kappa shape index (κ1) is 16.4. The summed E-state index contributed by atoms with van der Waals surface area (Å²) in [5.74, 6) is 0.105. The minimum absolute atomic E-state index is 0.0487. The lowest BCUT2D eigenvalue weighted by molar-refractivity contribution is 0.0995. The Bertz CT molecular complexity index is 956. The molecule has 0 saturated carbocycles. The van der Waals surface area contributed by atoms with Crippen LogP contribution in [0.25, 0.3) is 10.9 Å². The lowest BCUT2D eigenvalue weighted by Gasteiger charge is -2.01. The maximum absolute atomic E-state index is 12.2. The summed E-state index contributed by atoms with van der Waals surface area (Å²) < 4.78 is 6.72. The third kappa shape index (κ3) is 3.14. The number of benzene rings is 2.